The quantitative estimate of drug-likeness (QED) is 0.776. The van der Waals surface area contributed by atoms with E-state index in [4.69, 9.17) is 22.0 Å². The first-order chi connectivity index (χ1) is 9.43. The monoisotopic (exact) mass is 295 g/mol. The molecule has 0 bridgehead atoms. The summed E-state index contributed by atoms with van der Waals surface area (Å²) in [5, 5.41) is 23.0. The van der Waals surface area contributed by atoms with E-state index < -0.39 is 17.9 Å². The van der Waals surface area contributed by atoms with Crippen LogP contribution in [0.2, 0.25) is 5.02 Å². The number of carboxylic acids is 1. The molecule has 1 atom stereocenters. The predicted octanol–water partition coefficient (Wildman–Crippen LogP) is 2.44. The number of amides is 2. The van der Waals surface area contributed by atoms with Crippen LogP contribution in [0.25, 0.3) is 0 Å². The highest BCUT2D eigenvalue weighted by molar-refractivity contribution is 6.31. The van der Waals surface area contributed by atoms with Gasteiger partial charge >= 0.3 is 12.0 Å². The third kappa shape index (κ3) is 4.78. The number of nitrogens with zero attached hydrogens (tertiary/aromatic N) is 1. The first-order valence-corrected chi connectivity index (χ1v) is 6.29. The molecule has 0 spiro atoms. The van der Waals surface area contributed by atoms with E-state index in [2.05, 4.69) is 10.6 Å². The van der Waals surface area contributed by atoms with E-state index in [1.54, 1.807) is 13.0 Å². The van der Waals surface area contributed by atoms with Crippen molar-refractivity contribution in [2.24, 2.45) is 5.92 Å². The zero-order valence-electron chi connectivity index (χ0n) is 10.8. The molecule has 6 nitrogen and oxygen atoms in total. The lowest BCUT2D eigenvalue weighted by Gasteiger charge is -2.10. The van der Waals surface area contributed by atoms with Gasteiger partial charge in [-0.3, -0.25) is 4.79 Å². The Morgan fingerprint density at radius 2 is 2.20 bits per heavy atom. The molecular weight excluding hydrogens is 282 g/mol. The summed E-state index contributed by atoms with van der Waals surface area (Å²) in [6, 6.07) is 5.96. The smallest absolute Gasteiger partial charge is 0.319 e. The van der Waals surface area contributed by atoms with Crippen LogP contribution in [-0.2, 0) is 4.79 Å². The van der Waals surface area contributed by atoms with Crippen molar-refractivity contribution < 1.29 is 14.7 Å². The summed E-state index contributed by atoms with van der Waals surface area (Å²) in [5.41, 5.74) is 0.604. The number of carbonyl (C=O) groups excluding carboxylic acids is 1. The van der Waals surface area contributed by atoms with Crippen molar-refractivity contribution >= 4 is 29.3 Å². The Labute approximate surface area is 121 Å². The minimum absolute atomic E-state index is 0.224. The lowest BCUT2D eigenvalue weighted by Crippen LogP contribution is -2.31. The number of aliphatic carboxylic acids is 1. The maximum atomic E-state index is 11.6. The molecule has 1 aromatic carbocycles. The molecular formula is C13H14ClN3O3. The van der Waals surface area contributed by atoms with Gasteiger partial charge in [0.2, 0.25) is 0 Å². The Morgan fingerprint density at radius 1 is 1.50 bits per heavy atom. The van der Waals surface area contributed by atoms with Crippen LogP contribution in [-0.4, -0.2) is 23.7 Å². The number of hydrogen-bond donors (Lipinski definition) is 3. The van der Waals surface area contributed by atoms with Gasteiger partial charge < -0.3 is 15.7 Å². The molecule has 1 rings (SSSR count). The van der Waals surface area contributed by atoms with Gasteiger partial charge in [0.25, 0.3) is 0 Å². The number of halogens is 1. The van der Waals surface area contributed by atoms with E-state index in [9.17, 15) is 9.59 Å². The fraction of sp³-hybridized carbons (Fsp3) is 0.308. The number of anilines is 1. The van der Waals surface area contributed by atoms with Crippen molar-refractivity contribution in [1.82, 2.24) is 5.32 Å². The minimum Gasteiger partial charge on any atom is -0.481 e. The molecule has 0 saturated heterocycles. The summed E-state index contributed by atoms with van der Waals surface area (Å²) in [6.07, 6.45) is 0.323. The Hall–Kier alpha value is -2.26. The van der Waals surface area contributed by atoms with Crippen LogP contribution < -0.4 is 10.6 Å². The number of hydrogen-bond acceptors (Lipinski definition) is 3. The van der Waals surface area contributed by atoms with Crippen molar-refractivity contribution in [3.05, 3.63) is 28.8 Å². The number of rotatable bonds is 5. The van der Waals surface area contributed by atoms with Crippen LogP contribution in [0.1, 0.15) is 18.9 Å². The number of nitrogens with one attached hydrogen (secondary N) is 2. The van der Waals surface area contributed by atoms with Crippen LogP contribution in [0.3, 0.4) is 0 Å². The van der Waals surface area contributed by atoms with Crippen LogP contribution >= 0.6 is 11.6 Å². The zero-order valence-corrected chi connectivity index (χ0v) is 11.6. The van der Waals surface area contributed by atoms with Gasteiger partial charge in [-0.1, -0.05) is 18.5 Å². The number of carbonyl (C=O) groups is 2. The largest absolute Gasteiger partial charge is 0.481 e. The zero-order chi connectivity index (χ0) is 15.1. The van der Waals surface area contributed by atoms with Gasteiger partial charge in [-0.25, -0.2) is 4.79 Å². The van der Waals surface area contributed by atoms with E-state index >= 15 is 0 Å². The molecule has 0 aromatic heterocycles. The van der Waals surface area contributed by atoms with Gasteiger partial charge in [0, 0.05) is 11.6 Å². The third-order valence-corrected chi connectivity index (χ3v) is 2.87. The Morgan fingerprint density at radius 3 is 2.80 bits per heavy atom. The topological polar surface area (TPSA) is 102 Å². The molecule has 0 radical (unpaired) electrons. The second-order valence-electron chi connectivity index (χ2n) is 4.21. The van der Waals surface area contributed by atoms with Gasteiger partial charge in [-0.05, 0) is 24.6 Å². The molecule has 106 valence electrons. The number of carboxylic acid groups (broad SMARTS) is 1. The lowest BCUT2D eigenvalue weighted by molar-refractivity contribution is -0.141. The highest BCUT2D eigenvalue weighted by Crippen LogP contribution is 2.20. The Balaban J connectivity index is 2.53. The summed E-state index contributed by atoms with van der Waals surface area (Å²) in [5.74, 6) is -1.44. The molecule has 3 N–H and O–H groups in total. The summed E-state index contributed by atoms with van der Waals surface area (Å²) >= 11 is 5.79. The fourth-order valence-electron chi connectivity index (χ4n) is 1.41. The van der Waals surface area contributed by atoms with Crippen LogP contribution in [0.5, 0.6) is 0 Å². The van der Waals surface area contributed by atoms with Crippen molar-refractivity contribution in [3.63, 3.8) is 0 Å². The highest BCUT2D eigenvalue weighted by atomic mass is 35.5. The molecule has 1 unspecified atom stereocenters. The van der Waals surface area contributed by atoms with Crippen molar-refractivity contribution in [1.29, 1.82) is 5.26 Å². The van der Waals surface area contributed by atoms with Gasteiger partial charge in [-0.2, -0.15) is 5.26 Å². The second kappa shape index (κ2) is 7.36. The molecule has 0 aliphatic heterocycles. The average molecular weight is 296 g/mol. The van der Waals surface area contributed by atoms with Crippen molar-refractivity contribution in [3.8, 4) is 6.07 Å². The van der Waals surface area contributed by atoms with Crippen LogP contribution in [0.15, 0.2) is 18.2 Å². The Kier molecular flexibility index (Phi) is 5.81. The van der Waals surface area contributed by atoms with E-state index in [1.165, 1.54) is 12.1 Å². The van der Waals surface area contributed by atoms with E-state index in [-0.39, 0.29) is 6.54 Å². The molecule has 0 aliphatic carbocycles. The standard InChI is InChI=1S/C13H14ClN3O3/c1-8(12(18)19)4-5-16-13(20)17-11-6-10(14)3-2-9(11)7-15/h2-3,6,8H,4-5H2,1H3,(H,18,19)(H2,16,17,20). The molecule has 1 aromatic rings. The lowest BCUT2D eigenvalue weighted by atomic mass is 10.1. The summed E-state index contributed by atoms with van der Waals surface area (Å²) in [6.45, 7) is 1.79. The Bertz CT molecular complexity index is 554. The van der Waals surface area contributed by atoms with E-state index in [0.29, 0.717) is 22.7 Å². The molecule has 2 amide bonds. The van der Waals surface area contributed by atoms with Crippen molar-refractivity contribution in [2.45, 2.75) is 13.3 Å². The summed E-state index contributed by atoms with van der Waals surface area (Å²) < 4.78 is 0. The predicted molar refractivity (Wildman–Crippen MR) is 74.6 cm³/mol. The molecule has 0 heterocycles. The van der Waals surface area contributed by atoms with Crippen LogP contribution in [0.4, 0.5) is 10.5 Å². The summed E-state index contributed by atoms with van der Waals surface area (Å²) in [7, 11) is 0. The number of urea groups is 1. The molecule has 0 saturated carbocycles. The second-order valence-corrected chi connectivity index (χ2v) is 4.65. The fourth-order valence-corrected chi connectivity index (χ4v) is 1.58. The molecule has 0 aliphatic rings. The van der Waals surface area contributed by atoms with Gasteiger partial charge in [-0.15, -0.1) is 0 Å². The van der Waals surface area contributed by atoms with Gasteiger partial charge in [0.05, 0.1) is 17.2 Å². The van der Waals surface area contributed by atoms with E-state index in [1.807, 2.05) is 6.07 Å². The number of benzene rings is 1. The van der Waals surface area contributed by atoms with Crippen molar-refractivity contribution in [2.75, 3.05) is 11.9 Å². The minimum atomic E-state index is -0.909. The average Bonchev–Trinajstić information content (AvgIpc) is 2.38. The normalized spacial score (nSPS) is 11.2. The molecule has 20 heavy (non-hydrogen) atoms. The molecule has 0 fully saturated rings. The first kappa shape index (κ1) is 15.8. The summed E-state index contributed by atoms with van der Waals surface area (Å²) in [4.78, 5) is 22.2. The number of nitriles is 1. The maximum absolute atomic E-state index is 11.6. The highest BCUT2D eigenvalue weighted by Gasteiger charge is 2.11. The van der Waals surface area contributed by atoms with Gasteiger partial charge in [0.1, 0.15) is 6.07 Å². The SMILES string of the molecule is CC(CCNC(=O)Nc1cc(Cl)ccc1C#N)C(=O)O. The maximum Gasteiger partial charge on any atom is 0.319 e. The van der Waals surface area contributed by atoms with Gasteiger partial charge in [0.15, 0.2) is 0 Å². The van der Waals surface area contributed by atoms with E-state index in [0.717, 1.165) is 0 Å². The third-order valence-electron chi connectivity index (χ3n) is 2.63. The molecule has 7 heteroatoms. The first-order valence-electron chi connectivity index (χ1n) is 5.91. The van der Waals surface area contributed by atoms with Crippen LogP contribution in [0, 0.1) is 17.2 Å².